The number of benzene rings is 1. The molecule has 1 aromatic heterocycles. The molecule has 1 aliphatic carbocycles. The van der Waals surface area contributed by atoms with E-state index in [2.05, 4.69) is 32.9 Å². The van der Waals surface area contributed by atoms with Crippen LogP contribution in [0.25, 0.3) is 11.3 Å². The molecule has 0 radical (unpaired) electrons. The van der Waals surface area contributed by atoms with Crippen molar-refractivity contribution in [1.29, 1.82) is 0 Å². The first kappa shape index (κ1) is 19.4. The molecule has 0 spiro atoms. The van der Waals surface area contributed by atoms with Gasteiger partial charge in [-0.05, 0) is 42.0 Å². The fourth-order valence-corrected chi connectivity index (χ4v) is 4.95. The van der Waals surface area contributed by atoms with Gasteiger partial charge in [0, 0.05) is 16.6 Å². The van der Waals surface area contributed by atoms with Crippen LogP contribution in [-0.2, 0) is 11.2 Å². The lowest BCUT2D eigenvalue weighted by molar-refractivity contribution is 0.467. The van der Waals surface area contributed by atoms with Gasteiger partial charge >= 0.3 is 0 Å². The Labute approximate surface area is 162 Å². The molecule has 1 aromatic carbocycles. The summed E-state index contributed by atoms with van der Waals surface area (Å²) in [4.78, 5) is 0. The molecule has 0 bridgehead atoms. The Morgan fingerprint density at radius 3 is 2.38 bits per heavy atom. The normalized spacial score (nSPS) is 17.0. The predicted molar refractivity (Wildman–Crippen MR) is 112 cm³/mol. The van der Waals surface area contributed by atoms with Gasteiger partial charge in [0.2, 0.25) is 0 Å². The fraction of sp³-hybridized carbons (Fsp3) is 0.565. The average Bonchev–Trinajstić information content (AvgIpc) is 3.08. The van der Waals surface area contributed by atoms with Crippen molar-refractivity contribution in [2.24, 2.45) is 0 Å². The molecular formula is C23H32O2S. The number of aromatic hydroxyl groups is 1. The number of hydrogen-bond donors (Lipinski definition) is 1. The molecule has 1 heterocycles. The van der Waals surface area contributed by atoms with Crippen molar-refractivity contribution in [2.45, 2.75) is 82.1 Å². The van der Waals surface area contributed by atoms with Crippen LogP contribution in [0.4, 0.5) is 0 Å². The highest BCUT2D eigenvalue weighted by molar-refractivity contribution is 7.99. The van der Waals surface area contributed by atoms with Crippen molar-refractivity contribution in [1.82, 2.24) is 0 Å². The van der Waals surface area contributed by atoms with Gasteiger partial charge in [0.1, 0.15) is 11.5 Å². The Morgan fingerprint density at radius 2 is 1.77 bits per heavy atom. The van der Waals surface area contributed by atoms with Crippen molar-refractivity contribution in [3.8, 4) is 17.1 Å². The lowest BCUT2D eigenvalue weighted by Crippen LogP contribution is -2.12. The summed E-state index contributed by atoms with van der Waals surface area (Å²) < 4.78 is 5.58. The van der Waals surface area contributed by atoms with Gasteiger partial charge in [-0.2, -0.15) is 11.8 Å². The summed E-state index contributed by atoms with van der Waals surface area (Å²) >= 11 is 2.02. The zero-order valence-corrected chi connectivity index (χ0v) is 17.2. The molecule has 0 unspecified atom stereocenters. The van der Waals surface area contributed by atoms with Crippen LogP contribution in [-0.4, -0.2) is 10.4 Å². The second kappa shape index (κ2) is 8.56. The predicted octanol–water partition coefficient (Wildman–Crippen LogP) is 7.30. The molecule has 0 saturated heterocycles. The minimum atomic E-state index is 0.0364. The average molecular weight is 373 g/mol. The van der Waals surface area contributed by atoms with Crippen LogP contribution in [0.2, 0.25) is 0 Å². The number of furan rings is 1. The van der Waals surface area contributed by atoms with Crippen molar-refractivity contribution >= 4 is 11.8 Å². The highest BCUT2D eigenvalue weighted by Crippen LogP contribution is 2.40. The summed E-state index contributed by atoms with van der Waals surface area (Å²) in [6, 6.07) is 8.07. The molecule has 1 aliphatic rings. The highest BCUT2D eigenvalue weighted by atomic mass is 32.2. The number of rotatable bonds is 4. The molecular weight excluding hydrogens is 340 g/mol. The molecule has 0 amide bonds. The first-order valence-corrected chi connectivity index (χ1v) is 11.0. The summed E-state index contributed by atoms with van der Waals surface area (Å²) in [6.07, 6.45) is 11.2. The highest BCUT2D eigenvalue weighted by Gasteiger charge is 2.21. The van der Waals surface area contributed by atoms with E-state index in [1.54, 1.807) is 6.26 Å². The van der Waals surface area contributed by atoms with E-state index in [1.165, 1.54) is 50.5 Å². The standard InChI is InChI=1S/C23H32O2S/c1-23(2,3)18-14-17(16-26-19-10-7-5-4-6-8-11-19)22(24)20(15-18)21-12-9-13-25-21/h9,12-15,19,24H,4-8,10-11,16H2,1-3H3. The van der Waals surface area contributed by atoms with Crippen LogP contribution >= 0.6 is 11.8 Å². The van der Waals surface area contributed by atoms with E-state index in [0.717, 1.165) is 27.9 Å². The first-order valence-electron chi connectivity index (χ1n) is 9.97. The third-order valence-electron chi connectivity index (χ3n) is 5.37. The molecule has 3 heteroatoms. The van der Waals surface area contributed by atoms with Crippen LogP contribution < -0.4 is 0 Å². The van der Waals surface area contributed by atoms with Crippen LogP contribution in [0.15, 0.2) is 34.9 Å². The fourth-order valence-electron chi connectivity index (χ4n) is 3.65. The number of phenolic OH excluding ortho intramolecular Hbond substituents is 1. The van der Waals surface area contributed by atoms with Crippen LogP contribution in [0.5, 0.6) is 5.75 Å². The Hall–Kier alpha value is -1.35. The summed E-state index contributed by atoms with van der Waals surface area (Å²) in [5, 5.41) is 11.6. The van der Waals surface area contributed by atoms with E-state index in [0.29, 0.717) is 5.75 Å². The van der Waals surface area contributed by atoms with E-state index in [1.807, 2.05) is 23.9 Å². The van der Waals surface area contributed by atoms with Crippen molar-refractivity contribution in [3.63, 3.8) is 0 Å². The summed E-state index contributed by atoms with van der Waals surface area (Å²) in [5.74, 6) is 1.99. The molecule has 26 heavy (non-hydrogen) atoms. The molecule has 2 nitrogen and oxygen atoms in total. The zero-order valence-electron chi connectivity index (χ0n) is 16.4. The lowest BCUT2D eigenvalue weighted by Gasteiger charge is -2.23. The van der Waals surface area contributed by atoms with Gasteiger partial charge < -0.3 is 9.52 Å². The van der Waals surface area contributed by atoms with Gasteiger partial charge in [-0.15, -0.1) is 0 Å². The van der Waals surface area contributed by atoms with E-state index in [4.69, 9.17) is 4.42 Å². The monoisotopic (exact) mass is 372 g/mol. The Kier molecular flexibility index (Phi) is 6.39. The summed E-state index contributed by atoms with van der Waals surface area (Å²) in [7, 11) is 0. The molecule has 1 saturated carbocycles. The third-order valence-corrected chi connectivity index (χ3v) is 6.79. The Morgan fingerprint density at radius 1 is 1.08 bits per heavy atom. The SMILES string of the molecule is CC(C)(C)c1cc(CSC2CCCCCCC2)c(O)c(-c2ccco2)c1. The summed E-state index contributed by atoms with van der Waals surface area (Å²) in [5.41, 5.74) is 3.14. The minimum Gasteiger partial charge on any atom is -0.507 e. The van der Waals surface area contributed by atoms with Crippen molar-refractivity contribution in [2.75, 3.05) is 0 Å². The van der Waals surface area contributed by atoms with E-state index < -0.39 is 0 Å². The third kappa shape index (κ3) is 4.88. The zero-order chi connectivity index (χ0) is 18.6. The minimum absolute atomic E-state index is 0.0364. The molecule has 0 atom stereocenters. The van der Waals surface area contributed by atoms with E-state index in [9.17, 15) is 5.11 Å². The van der Waals surface area contributed by atoms with Crippen LogP contribution in [0, 0.1) is 0 Å². The lowest BCUT2D eigenvalue weighted by atomic mass is 9.84. The quantitative estimate of drug-likeness (QED) is 0.611. The van der Waals surface area contributed by atoms with Gasteiger partial charge in [-0.1, -0.05) is 58.9 Å². The van der Waals surface area contributed by atoms with Gasteiger partial charge in [0.05, 0.1) is 11.8 Å². The second-order valence-electron chi connectivity index (χ2n) is 8.54. The van der Waals surface area contributed by atoms with Crippen molar-refractivity contribution < 1.29 is 9.52 Å². The topological polar surface area (TPSA) is 33.4 Å². The number of thioether (sulfide) groups is 1. The molecule has 2 aromatic rings. The molecule has 1 N–H and O–H groups in total. The number of phenols is 1. The first-order chi connectivity index (χ1) is 12.4. The molecule has 1 fully saturated rings. The van der Waals surface area contributed by atoms with E-state index in [-0.39, 0.29) is 5.41 Å². The largest absolute Gasteiger partial charge is 0.507 e. The smallest absolute Gasteiger partial charge is 0.137 e. The second-order valence-corrected chi connectivity index (χ2v) is 9.83. The maximum absolute atomic E-state index is 10.9. The van der Waals surface area contributed by atoms with Gasteiger partial charge in [0.25, 0.3) is 0 Å². The van der Waals surface area contributed by atoms with Crippen LogP contribution in [0.1, 0.15) is 76.8 Å². The van der Waals surface area contributed by atoms with Crippen molar-refractivity contribution in [3.05, 3.63) is 41.7 Å². The Bertz CT molecular complexity index is 690. The molecule has 142 valence electrons. The van der Waals surface area contributed by atoms with Gasteiger partial charge in [-0.3, -0.25) is 0 Å². The maximum atomic E-state index is 10.9. The number of hydrogen-bond acceptors (Lipinski definition) is 3. The van der Waals surface area contributed by atoms with E-state index >= 15 is 0 Å². The maximum Gasteiger partial charge on any atom is 0.137 e. The molecule has 3 rings (SSSR count). The Balaban J connectivity index is 1.84. The molecule has 0 aliphatic heterocycles. The van der Waals surface area contributed by atoms with Gasteiger partial charge in [0.15, 0.2) is 0 Å². The van der Waals surface area contributed by atoms with Crippen LogP contribution in [0.3, 0.4) is 0 Å². The summed E-state index contributed by atoms with van der Waals surface area (Å²) in [6.45, 7) is 6.66. The van der Waals surface area contributed by atoms with Gasteiger partial charge in [-0.25, -0.2) is 0 Å².